The maximum absolute atomic E-state index is 13.3. The van der Waals surface area contributed by atoms with Crippen LogP contribution in [0, 0.1) is 5.82 Å². The average Bonchev–Trinajstić information content (AvgIpc) is 2.65. The lowest BCUT2D eigenvalue weighted by molar-refractivity contribution is -0.162. The zero-order chi connectivity index (χ0) is 18.4. The van der Waals surface area contributed by atoms with Crippen LogP contribution in [0.1, 0.15) is 11.1 Å². The summed E-state index contributed by atoms with van der Waals surface area (Å²) in [5.74, 6) is 0.401. The molecule has 0 saturated heterocycles. The number of rotatable bonds is 6. The highest BCUT2D eigenvalue weighted by Crippen LogP contribution is 2.33. The summed E-state index contributed by atoms with van der Waals surface area (Å²) in [6.45, 7) is 0. The number of amides is 1. The van der Waals surface area contributed by atoms with Gasteiger partial charge in [-0.15, -0.1) is 0 Å². The number of hydrogen-bond acceptors (Lipinski definition) is 4. The van der Waals surface area contributed by atoms with E-state index in [1.165, 1.54) is 39.5 Å². The molecule has 0 N–H and O–H groups in total. The van der Waals surface area contributed by atoms with Gasteiger partial charge in [0.1, 0.15) is 5.82 Å². The molecule has 0 saturated carbocycles. The molecule has 2 aromatic carbocycles. The Morgan fingerprint density at radius 2 is 1.56 bits per heavy atom. The molecular formula is C19H20FNO4. The van der Waals surface area contributed by atoms with Gasteiger partial charge in [-0.2, -0.15) is 0 Å². The van der Waals surface area contributed by atoms with E-state index in [4.69, 9.17) is 14.3 Å². The van der Waals surface area contributed by atoms with E-state index < -0.39 is 0 Å². The largest absolute Gasteiger partial charge is 0.493 e. The summed E-state index contributed by atoms with van der Waals surface area (Å²) in [7, 11) is 5.99. The fourth-order valence-electron chi connectivity index (χ4n) is 2.27. The molecule has 0 aromatic heterocycles. The van der Waals surface area contributed by atoms with Crippen molar-refractivity contribution in [3.63, 3.8) is 0 Å². The fraction of sp³-hybridized carbons (Fsp3) is 0.211. The highest BCUT2D eigenvalue weighted by atomic mass is 19.1. The lowest BCUT2D eigenvalue weighted by atomic mass is 9.97. The van der Waals surface area contributed by atoms with Gasteiger partial charge in [0.25, 0.3) is 5.91 Å². The highest BCUT2D eigenvalue weighted by molar-refractivity contribution is 5.98. The molecule has 0 spiro atoms. The van der Waals surface area contributed by atoms with E-state index in [0.29, 0.717) is 22.6 Å². The van der Waals surface area contributed by atoms with Gasteiger partial charge in [0.05, 0.1) is 21.3 Å². The average molecular weight is 345 g/mol. The highest BCUT2D eigenvalue weighted by Gasteiger charge is 2.14. The van der Waals surface area contributed by atoms with Gasteiger partial charge < -0.3 is 9.47 Å². The van der Waals surface area contributed by atoms with Gasteiger partial charge in [-0.3, -0.25) is 9.63 Å². The minimum Gasteiger partial charge on any atom is -0.493 e. The summed E-state index contributed by atoms with van der Waals surface area (Å²) < 4.78 is 23.8. The number of halogens is 1. The molecule has 1 amide bonds. The molecule has 6 heteroatoms. The van der Waals surface area contributed by atoms with E-state index in [9.17, 15) is 9.18 Å². The fourth-order valence-corrected chi connectivity index (χ4v) is 2.27. The molecule has 0 radical (unpaired) electrons. The Morgan fingerprint density at radius 3 is 2.12 bits per heavy atom. The number of carbonyl (C=O) groups excluding carboxylic acids is 1. The van der Waals surface area contributed by atoms with Crippen molar-refractivity contribution in [2.24, 2.45) is 0 Å². The van der Waals surface area contributed by atoms with Crippen molar-refractivity contribution >= 4 is 11.5 Å². The molecule has 0 fully saturated rings. The summed E-state index contributed by atoms with van der Waals surface area (Å²) in [5.41, 5.74) is 2.02. The van der Waals surface area contributed by atoms with Crippen molar-refractivity contribution < 1.29 is 23.5 Å². The van der Waals surface area contributed by atoms with Crippen molar-refractivity contribution in [2.75, 3.05) is 28.4 Å². The standard InChI is InChI=1S/C19H20FNO4/c1-21(25-4)19(22)12-16(13-5-8-15(20)9-6-13)14-7-10-17(23-2)18(11-14)24-3/h5-12H,1-4H3. The summed E-state index contributed by atoms with van der Waals surface area (Å²) in [5, 5.41) is 1.10. The van der Waals surface area contributed by atoms with Crippen LogP contribution < -0.4 is 9.47 Å². The maximum atomic E-state index is 13.3. The van der Waals surface area contributed by atoms with E-state index >= 15 is 0 Å². The maximum Gasteiger partial charge on any atom is 0.270 e. The van der Waals surface area contributed by atoms with Crippen molar-refractivity contribution in [3.05, 3.63) is 65.5 Å². The third-order valence-corrected chi connectivity index (χ3v) is 3.70. The SMILES string of the molecule is COc1ccc(C(=CC(=O)N(C)OC)c2ccc(F)cc2)cc1OC. The number of carbonyl (C=O) groups is 1. The third kappa shape index (κ3) is 4.36. The first kappa shape index (κ1) is 18.5. The number of benzene rings is 2. The topological polar surface area (TPSA) is 48.0 Å². The van der Waals surface area contributed by atoms with E-state index in [-0.39, 0.29) is 11.7 Å². The second kappa shape index (κ2) is 8.30. The molecule has 2 rings (SSSR count). The van der Waals surface area contributed by atoms with E-state index in [1.54, 1.807) is 37.4 Å². The molecule has 5 nitrogen and oxygen atoms in total. The predicted molar refractivity (Wildman–Crippen MR) is 92.8 cm³/mol. The van der Waals surface area contributed by atoms with Gasteiger partial charge in [0.15, 0.2) is 11.5 Å². The number of methoxy groups -OCH3 is 2. The van der Waals surface area contributed by atoms with Crippen LogP contribution in [-0.4, -0.2) is 39.3 Å². The molecule has 0 heterocycles. The van der Waals surface area contributed by atoms with Crippen molar-refractivity contribution in [1.82, 2.24) is 5.06 Å². The molecule has 2 aromatic rings. The zero-order valence-corrected chi connectivity index (χ0v) is 14.6. The Kier molecular flexibility index (Phi) is 6.14. The van der Waals surface area contributed by atoms with Crippen molar-refractivity contribution in [3.8, 4) is 11.5 Å². The summed E-state index contributed by atoms with van der Waals surface area (Å²) in [6.07, 6.45) is 1.43. The van der Waals surface area contributed by atoms with Crippen molar-refractivity contribution in [1.29, 1.82) is 0 Å². The molecule has 0 atom stereocenters. The van der Waals surface area contributed by atoms with Crippen LogP contribution in [0.2, 0.25) is 0 Å². The lowest BCUT2D eigenvalue weighted by Gasteiger charge is -2.15. The number of hydroxylamine groups is 2. The van der Waals surface area contributed by atoms with Crippen LogP contribution in [0.4, 0.5) is 4.39 Å². The quantitative estimate of drug-likeness (QED) is 0.595. The summed E-state index contributed by atoms with van der Waals surface area (Å²) >= 11 is 0. The van der Waals surface area contributed by atoms with E-state index in [2.05, 4.69) is 0 Å². The first-order chi connectivity index (χ1) is 12.0. The van der Waals surface area contributed by atoms with Gasteiger partial charge in [-0.05, 0) is 41.0 Å². The molecule has 132 valence electrons. The normalized spacial score (nSPS) is 11.2. The van der Waals surface area contributed by atoms with Crippen LogP contribution in [0.15, 0.2) is 48.5 Å². The molecule has 25 heavy (non-hydrogen) atoms. The van der Waals surface area contributed by atoms with Crippen LogP contribution >= 0.6 is 0 Å². The Hall–Kier alpha value is -2.86. The predicted octanol–water partition coefficient (Wildman–Crippen LogP) is 3.29. The Balaban J connectivity index is 2.57. The van der Waals surface area contributed by atoms with Crippen LogP contribution in [0.5, 0.6) is 11.5 Å². The number of likely N-dealkylation sites (N-methyl/N-ethyl adjacent to an activating group) is 1. The molecule has 0 bridgehead atoms. The molecule has 0 unspecified atom stereocenters. The van der Waals surface area contributed by atoms with Gasteiger partial charge in [0.2, 0.25) is 0 Å². The Morgan fingerprint density at radius 1 is 0.960 bits per heavy atom. The monoisotopic (exact) mass is 345 g/mol. The smallest absolute Gasteiger partial charge is 0.270 e. The Labute approximate surface area is 146 Å². The van der Waals surface area contributed by atoms with Crippen molar-refractivity contribution in [2.45, 2.75) is 0 Å². The number of hydrogen-bond donors (Lipinski definition) is 0. The first-order valence-electron chi connectivity index (χ1n) is 7.52. The summed E-state index contributed by atoms with van der Waals surface area (Å²) in [6, 6.07) is 11.2. The number of nitrogens with zero attached hydrogens (tertiary/aromatic N) is 1. The van der Waals surface area contributed by atoms with Crippen LogP contribution in [-0.2, 0) is 9.63 Å². The molecular weight excluding hydrogens is 325 g/mol. The van der Waals surface area contributed by atoms with Gasteiger partial charge in [-0.25, -0.2) is 9.45 Å². The molecule has 0 aliphatic carbocycles. The second-order valence-corrected chi connectivity index (χ2v) is 5.15. The number of ether oxygens (including phenoxy) is 2. The second-order valence-electron chi connectivity index (χ2n) is 5.15. The van der Waals surface area contributed by atoms with Gasteiger partial charge in [0, 0.05) is 13.1 Å². The molecule has 0 aliphatic rings. The van der Waals surface area contributed by atoms with E-state index in [0.717, 1.165) is 10.6 Å². The minimum atomic E-state index is -0.351. The van der Waals surface area contributed by atoms with Crippen LogP contribution in [0.25, 0.3) is 5.57 Å². The van der Waals surface area contributed by atoms with E-state index in [1.807, 2.05) is 0 Å². The van der Waals surface area contributed by atoms with Gasteiger partial charge >= 0.3 is 0 Å². The minimum absolute atomic E-state index is 0.350. The first-order valence-corrected chi connectivity index (χ1v) is 7.52. The zero-order valence-electron chi connectivity index (χ0n) is 14.6. The lowest BCUT2D eigenvalue weighted by Crippen LogP contribution is -2.23. The summed E-state index contributed by atoms with van der Waals surface area (Å²) in [4.78, 5) is 17.2. The third-order valence-electron chi connectivity index (χ3n) is 3.70. The van der Waals surface area contributed by atoms with Crippen LogP contribution in [0.3, 0.4) is 0 Å². The molecule has 0 aliphatic heterocycles. The Bertz CT molecular complexity index is 771. The van der Waals surface area contributed by atoms with Gasteiger partial charge in [-0.1, -0.05) is 18.2 Å².